The molecule has 0 aromatic carbocycles. The monoisotopic (exact) mass is 336 g/mol. The zero-order chi connectivity index (χ0) is 17.8. The molecule has 0 spiro atoms. The maximum absolute atomic E-state index is 12.5. The Hall–Kier alpha value is -1.10. The van der Waals surface area contributed by atoms with Crippen LogP contribution in [0.1, 0.15) is 72.6 Å². The van der Waals surface area contributed by atoms with Gasteiger partial charge in [0.15, 0.2) is 0 Å². The lowest BCUT2D eigenvalue weighted by Crippen LogP contribution is -2.57. The van der Waals surface area contributed by atoms with Crippen molar-refractivity contribution in [2.24, 2.45) is 17.3 Å². The Morgan fingerprint density at radius 1 is 1.17 bits per heavy atom. The van der Waals surface area contributed by atoms with Gasteiger partial charge in [-0.3, -0.25) is 9.59 Å². The van der Waals surface area contributed by atoms with E-state index < -0.39 is 11.6 Å². The van der Waals surface area contributed by atoms with Gasteiger partial charge in [-0.05, 0) is 83.5 Å². The third kappa shape index (κ3) is 3.76. The number of nitrogens with one attached hydrogen (secondary N) is 2. The van der Waals surface area contributed by atoms with Crippen molar-refractivity contribution in [3.05, 3.63) is 0 Å². The number of rotatable bonds is 4. The molecule has 0 heterocycles. The summed E-state index contributed by atoms with van der Waals surface area (Å²) in [7, 11) is 0. The molecule has 3 atom stereocenters. The molecule has 4 aliphatic carbocycles. The number of aliphatic hydroxyl groups is 1. The van der Waals surface area contributed by atoms with Gasteiger partial charge in [-0.15, -0.1) is 0 Å². The molecule has 0 aromatic rings. The molecule has 3 unspecified atom stereocenters. The van der Waals surface area contributed by atoms with E-state index in [1.807, 2.05) is 20.8 Å². The highest BCUT2D eigenvalue weighted by atomic mass is 16.3. The standard InChI is InChI=1S/C19H32N2O3/c1-12(16(23)21-17(2,3)4)20-15(22)10-18-6-13-5-14(7-18)9-19(24,8-13)11-18/h12-14,24H,5-11H2,1-4H3,(H,20,22)(H,21,23). The summed E-state index contributed by atoms with van der Waals surface area (Å²) < 4.78 is 0. The number of amides is 2. The van der Waals surface area contributed by atoms with Gasteiger partial charge in [0.25, 0.3) is 0 Å². The van der Waals surface area contributed by atoms with Crippen molar-refractivity contribution in [3.63, 3.8) is 0 Å². The van der Waals surface area contributed by atoms with E-state index in [1.54, 1.807) is 6.92 Å². The van der Waals surface area contributed by atoms with Crippen LogP contribution in [0.4, 0.5) is 0 Å². The molecule has 4 fully saturated rings. The molecule has 2 amide bonds. The predicted octanol–water partition coefficient (Wildman–Crippen LogP) is 2.13. The summed E-state index contributed by atoms with van der Waals surface area (Å²) >= 11 is 0. The molecule has 5 nitrogen and oxygen atoms in total. The lowest BCUT2D eigenvalue weighted by atomic mass is 9.47. The van der Waals surface area contributed by atoms with Gasteiger partial charge in [-0.25, -0.2) is 0 Å². The van der Waals surface area contributed by atoms with Crippen LogP contribution >= 0.6 is 0 Å². The predicted molar refractivity (Wildman–Crippen MR) is 92.2 cm³/mol. The molecule has 4 saturated carbocycles. The molecular weight excluding hydrogens is 304 g/mol. The maximum Gasteiger partial charge on any atom is 0.242 e. The number of hydrogen-bond donors (Lipinski definition) is 3. The molecule has 5 heteroatoms. The molecule has 0 radical (unpaired) electrons. The Balaban J connectivity index is 1.58. The van der Waals surface area contributed by atoms with Crippen LogP contribution in [0.15, 0.2) is 0 Å². The van der Waals surface area contributed by atoms with E-state index >= 15 is 0 Å². The van der Waals surface area contributed by atoms with E-state index in [-0.39, 0.29) is 22.8 Å². The van der Waals surface area contributed by atoms with Crippen LogP contribution in [-0.4, -0.2) is 34.1 Å². The fourth-order valence-corrected chi connectivity index (χ4v) is 5.79. The average Bonchev–Trinajstić information content (AvgIpc) is 2.31. The van der Waals surface area contributed by atoms with Crippen LogP contribution in [0, 0.1) is 17.3 Å². The number of hydrogen-bond acceptors (Lipinski definition) is 3. The van der Waals surface area contributed by atoms with E-state index in [0.29, 0.717) is 18.3 Å². The van der Waals surface area contributed by atoms with E-state index in [1.165, 1.54) is 6.42 Å². The first-order chi connectivity index (χ1) is 11.0. The second kappa shape index (κ2) is 5.72. The average molecular weight is 336 g/mol. The van der Waals surface area contributed by atoms with E-state index in [9.17, 15) is 14.7 Å². The second-order valence-corrected chi connectivity index (χ2v) is 9.89. The fraction of sp³-hybridized carbons (Fsp3) is 0.895. The van der Waals surface area contributed by atoms with Crippen molar-refractivity contribution < 1.29 is 14.7 Å². The molecule has 3 N–H and O–H groups in total. The van der Waals surface area contributed by atoms with Gasteiger partial charge in [-0.2, -0.15) is 0 Å². The number of carbonyl (C=O) groups excluding carboxylic acids is 2. The van der Waals surface area contributed by atoms with Crippen molar-refractivity contribution in [1.82, 2.24) is 10.6 Å². The SMILES string of the molecule is CC(NC(=O)CC12CC3CC(CC(O)(C3)C1)C2)C(=O)NC(C)(C)C. The minimum absolute atomic E-state index is 0.0524. The summed E-state index contributed by atoms with van der Waals surface area (Å²) in [6, 6.07) is -0.534. The van der Waals surface area contributed by atoms with Crippen molar-refractivity contribution in [1.29, 1.82) is 0 Å². The Morgan fingerprint density at radius 2 is 1.75 bits per heavy atom. The Bertz CT molecular complexity index is 523. The quantitative estimate of drug-likeness (QED) is 0.736. The lowest BCUT2D eigenvalue weighted by molar-refractivity contribution is -0.169. The summed E-state index contributed by atoms with van der Waals surface area (Å²) in [6.45, 7) is 7.51. The minimum atomic E-state index is -0.542. The van der Waals surface area contributed by atoms with Crippen LogP contribution < -0.4 is 10.6 Å². The van der Waals surface area contributed by atoms with E-state index in [4.69, 9.17) is 0 Å². The molecule has 4 aliphatic rings. The summed E-state index contributed by atoms with van der Waals surface area (Å²) in [5.41, 5.74) is -0.901. The molecule has 136 valence electrons. The van der Waals surface area contributed by atoms with Crippen molar-refractivity contribution in [2.75, 3.05) is 0 Å². The summed E-state index contributed by atoms with van der Waals surface area (Å²) in [4.78, 5) is 24.7. The van der Waals surface area contributed by atoms with Gasteiger partial charge in [-0.1, -0.05) is 0 Å². The van der Waals surface area contributed by atoms with Gasteiger partial charge in [0, 0.05) is 12.0 Å². The Kier molecular flexibility index (Phi) is 4.22. The zero-order valence-electron chi connectivity index (χ0n) is 15.4. The second-order valence-electron chi connectivity index (χ2n) is 9.89. The summed E-state index contributed by atoms with van der Waals surface area (Å²) in [5.74, 6) is 0.938. The molecule has 4 rings (SSSR count). The van der Waals surface area contributed by atoms with Gasteiger partial charge < -0.3 is 15.7 Å². The van der Waals surface area contributed by atoms with Gasteiger partial charge in [0.2, 0.25) is 11.8 Å². The van der Waals surface area contributed by atoms with Crippen LogP contribution in [0.2, 0.25) is 0 Å². The highest BCUT2D eigenvalue weighted by Gasteiger charge is 2.57. The minimum Gasteiger partial charge on any atom is -0.390 e. The molecule has 0 saturated heterocycles. The van der Waals surface area contributed by atoms with E-state index in [2.05, 4.69) is 10.6 Å². The molecule has 0 aromatic heterocycles. The van der Waals surface area contributed by atoms with Crippen LogP contribution in [0.3, 0.4) is 0 Å². The highest BCUT2D eigenvalue weighted by molar-refractivity contribution is 5.87. The fourth-order valence-electron chi connectivity index (χ4n) is 5.79. The highest BCUT2D eigenvalue weighted by Crippen LogP contribution is 2.62. The third-order valence-electron chi connectivity index (χ3n) is 5.96. The molecule has 24 heavy (non-hydrogen) atoms. The molecule has 0 aliphatic heterocycles. The Labute approximate surface area is 145 Å². The Morgan fingerprint density at radius 3 is 2.25 bits per heavy atom. The van der Waals surface area contributed by atoms with Gasteiger partial charge in [0.1, 0.15) is 6.04 Å². The van der Waals surface area contributed by atoms with Crippen LogP contribution in [-0.2, 0) is 9.59 Å². The number of carbonyl (C=O) groups is 2. The first kappa shape index (κ1) is 17.7. The smallest absolute Gasteiger partial charge is 0.242 e. The van der Waals surface area contributed by atoms with Gasteiger partial charge in [0.05, 0.1) is 5.60 Å². The first-order valence-electron chi connectivity index (χ1n) is 9.31. The zero-order valence-corrected chi connectivity index (χ0v) is 15.4. The first-order valence-corrected chi connectivity index (χ1v) is 9.31. The normalized spacial score (nSPS) is 38.7. The largest absolute Gasteiger partial charge is 0.390 e. The molecular formula is C19H32N2O3. The van der Waals surface area contributed by atoms with Crippen molar-refractivity contribution in [2.45, 2.75) is 89.8 Å². The van der Waals surface area contributed by atoms with Crippen molar-refractivity contribution in [3.8, 4) is 0 Å². The maximum atomic E-state index is 12.5. The van der Waals surface area contributed by atoms with Crippen LogP contribution in [0.5, 0.6) is 0 Å². The topological polar surface area (TPSA) is 78.4 Å². The third-order valence-corrected chi connectivity index (χ3v) is 5.96. The summed E-state index contributed by atoms with van der Waals surface area (Å²) in [5, 5.41) is 16.5. The van der Waals surface area contributed by atoms with Crippen molar-refractivity contribution >= 4 is 11.8 Å². The lowest BCUT2D eigenvalue weighted by Gasteiger charge is -2.60. The molecule has 4 bridgehead atoms. The van der Waals surface area contributed by atoms with E-state index in [0.717, 1.165) is 32.1 Å². The summed E-state index contributed by atoms with van der Waals surface area (Å²) in [6.07, 6.45) is 6.35. The van der Waals surface area contributed by atoms with Crippen LogP contribution in [0.25, 0.3) is 0 Å². The van der Waals surface area contributed by atoms with Gasteiger partial charge >= 0.3 is 0 Å².